The fourth-order valence-corrected chi connectivity index (χ4v) is 3.57. The summed E-state index contributed by atoms with van der Waals surface area (Å²) < 4.78 is 25.7. The Balaban J connectivity index is 2.42. The topological polar surface area (TPSA) is 66.4 Å². The van der Waals surface area contributed by atoms with Crippen LogP contribution in [0.15, 0.2) is 0 Å². The van der Waals surface area contributed by atoms with Crippen LogP contribution in [0.4, 0.5) is 0 Å². The van der Waals surface area contributed by atoms with Crippen molar-refractivity contribution in [1.82, 2.24) is 4.72 Å². The minimum atomic E-state index is -3.29. The van der Waals surface area contributed by atoms with Gasteiger partial charge in [0.15, 0.2) is 0 Å². The second-order valence-corrected chi connectivity index (χ2v) is 7.13. The molecule has 1 rings (SSSR count). The van der Waals surface area contributed by atoms with Gasteiger partial charge in [0.25, 0.3) is 0 Å². The van der Waals surface area contributed by atoms with Crippen molar-refractivity contribution < 1.29 is 13.5 Å². The highest BCUT2D eigenvalue weighted by molar-refractivity contribution is 7.89. The molecule has 2 N–H and O–H groups in total. The largest absolute Gasteiger partial charge is 0.389 e. The van der Waals surface area contributed by atoms with E-state index in [-0.39, 0.29) is 12.3 Å². The van der Waals surface area contributed by atoms with E-state index in [4.69, 9.17) is 11.6 Å². The molecular weight excluding hydrogens is 262 g/mol. The molecule has 0 bridgehead atoms. The summed E-state index contributed by atoms with van der Waals surface area (Å²) in [6.45, 7) is 0.137. The molecule has 6 heteroatoms. The maximum atomic E-state index is 11.6. The zero-order valence-electron chi connectivity index (χ0n) is 10.1. The second-order valence-electron chi connectivity index (χ2n) is 4.82. The van der Waals surface area contributed by atoms with E-state index in [9.17, 15) is 13.5 Å². The number of rotatable bonds is 6. The van der Waals surface area contributed by atoms with Crippen molar-refractivity contribution in [2.24, 2.45) is 0 Å². The molecule has 4 nitrogen and oxygen atoms in total. The number of hydrogen-bond donors (Lipinski definition) is 2. The van der Waals surface area contributed by atoms with Gasteiger partial charge in [-0.25, -0.2) is 13.1 Å². The fourth-order valence-electron chi connectivity index (χ4n) is 2.12. The van der Waals surface area contributed by atoms with Gasteiger partial charge in [0.2, 0.25) is 10.0 Å². The van der Waals surface area contributed by atoms with Crippen molar-refractivity contribution in [3.63, 3.8) is 0 Å². The first kappa shape index (κ1) is 15.2. The molecule has 0 amide bonds. The third-order valence-corrected chi connectivity index (χ3v) is 4.88. The molecule has 17 heavy (non-hydrogen) atoms. The molecule has 1 aliphatic rings. The minimum Gasteiger partial charge on any atom is -0.389 e. The number of alkyl halides is 1. The summed E-state index contributed by atoms with van der Waals surface area (Å²) in [4.78, 5) is 0. The van der Waals surface area contributed by atoms with E-state index in [2.05, 4.69) is 4.72 Å². The molecule has 0 unspecified atom stereocenters. The summed E-state index contributed by atoms with van der Waals surface area (Å²) in [5.41, 5.74) is -0.857. The molecule has 0 radical (unpaired) electrons. The van der Waals surface area contributed by atoms with Crippen molar-refractivity contribution in [3.8, 4) is 0 Å². The molecule has 0 atom stereocenters. The molecule has 1 fully saturated rings. The predicted molar refractivity (Wildman–Crippen MR) is 69.8 cm³/mol. The van der Waals surface area contributed by atoms with Crippen molar-refractivity contribution in [3.05, 3.63) is 0 Å². The Morgan fingerprint density at radius 1 is 1.18 bits per heavy atom. The Kier molecular flexibility index (Phi) is 6.20. The van der Waals surface area contributed by atoms with E-state index in [1.54, 1.807) is 0 Å². The average Bonchev–Trinajstić information content (AvgIpc) is 2.50. The number of nitrogens with one attached hydrogen (secondary N) is 1. The fraction of sp³-hybridized carbons (Fsp3) is 1.00. The number of hydrogen-bond acceptors (Lipinski definition) is 3. The lowest BCUT2D eigenvalue weighted by atomic mass is 9.95. The molecule has 0 aromatic rings. The average molecular weight is 284 g/mol. The monoisotopic (exact) mass is 283 g/mol. The van der Waals surface area contributed by atoms with E-state index in [0.717, 1.165) is 25.7 Å². The van der Waals surface area contributed by atoms with Gasteiger partial charge in [0.05, 0.1) is 11.4 Å². The third kappa shape index (κ3) is 6.04. The Hall–Kier alpha value is 0.160. The molecule has 102 valence electrons. The summed E-state index contributed by atoms with van der Waals surface area (Å²) in [6, 6.07) is 0. The van der Waals surface area contributed by atoms with E-state index >= 15 is 0 Å². The first-order valence-corrected chi connectivity index (χ1v) is 8.42. The molecule has 1 aliphatic carbocycles. The second kappa shape index (κ2) is 6.92. The normalized spacial score (nSPS) is 21.1. The maximum Gasteiger partial charge on any atom is 0.211 e. The minimum absolute atomic E-state index is 0.0343. The van der Waals surface area contributed by atoms with Crippen LogP contribution in [0.1, 0.15) is 44.9 Å². The lowest BCUT2D eigenvalue weighted by Crippen LogP contribution is -2.43. The van der Waals surface area contributed by atoms with Gasteiger partial charge < -0.3 is 5.11 Å². The Bertz CT molecular complexity index is 311. The van der Waals surface area contributed by atoms with Crippen molar-refractivity contribution in [2.45, 2.75) is 50.5 Å². The van der Waals surface area contributed by atoms with Crippen molar-refractivity contribution in [1.29, 1.82) is 0 Å². The maximum absolute atomic E-state index is 11.6. The van der Waals surface area contributed by atoms with E-state index in [0.29, 0.717) is 25.1 Å². The Morgan fingerprint density at radius 2 is 1.76 bits per heavy atom. The van der Waals surface area contributed by atoms with Crippen LogP contribution in [-0.2, 0) is 10.0 Å². The summed E-state index contributed by atoms with van der Waals surface area (Å²) in [6.07, 6.45) is 6.01. The number of sulfonamides is 1. The van der Waals surface area contributed by atoms with Crippen LogP contribution in [0.5, 0.6) is 0 Å². The zero-order valence-corrected chi connectivity index (χ0v) is 11.7. The lowest BCUT2D eigenvalue weighted by Gasteiger charge is -2.26. The van der Waals surface area contributed by atoms with E-state index in [1.807, 2.05) is 0 Å². The van der Waals surface area contributed by atoms with Gasteiger partial charge in [-0.2, -0.15) is 0 Å². The summed E-state index contributed by atoms with van der Waals surface area (Å²) in [5.74, 6) is 0.373. The van der Waals surface area contributed by atoms with Gasteiger partial charge in [-0.1, -0.05) is 25.7 Å². The van der Waals surface area contributed by atoms with Crippen molar-refractivity contribution >= 4 is 21.6 Å². The molecule has 0 aromatic heterocycles. The quantitative estimate of drug-likeness (QED) is 0.575. The van der Waals surface area contributed by atoms with Crippen LogP contribution in [0.2, 0.25) is 0 Å². The third-order valence-electron chi connectivity index (χ3n) is 3.20. The molecule has 0 saturated heterocycles. The predicted octanol–water partition coefficient (Wildman–Crippen LogP) is 1.62. The highest BCUT2D eigenvalue weighted by Gasteiger charge is 2.29. The van der Waals surface area contributed by atoms with E-state index < -0.39 is 15.6 Å². The highest BCUT2D eigenvalue weighted by atomic mass is 35.5. The van der Waals surface area contributed by atoms with Crippen LogP contribution in [-0.4, -0.2) is 37.3 Å². The van der Waals surface area contributed by atoms with Gasteiger partial charge in [0, 0.05) is 12.4 Å². The molecule has 0 aliphatic heterocycles. The smallest absolute Gasteiger partial charge is 0.211 e. The standard InChI is InChI=1S/C11H22ClNO3S/c12-8-5-9-17(15,16)13-10-11(14)6-3-1-2-4-7-11/h13-14H,1-10H2. The molecular formula is C11H22ClNO3S. The lowest BCUT2D eigenvalue weighted by molar-refractivity contribution is 0.0303. The molecule has 0 aromatic carbocycles. The first-order chi connectivity index (χ1) is 7.97. The van der Waals surface area contributed by atoms with E-state index in [1.165, 1.54) is 0 Å². The zero-order chi connectivity index (χ0) is 12.8. The van der Waals surface area contributed by atoms with Crippen LogP contribution in [0.25, 0.3) is 0 Å². The van der Waals surface area contributed by atoms with Crippen LogP contribution in [0.3, 0.4) is 0 Å². The van der Waals surface area contributed by atoms with Crippen LogP contribution >= 0.6 is 11.6 Å². The SMILES string of the molecule is O=S(=O)(CCCCl)NCC1(O)CCCCCC1. The van der Waals surface area contributed by atoms with Gasteiger partial charge in [0.1, 0.15) is 0 Å². The van der Waals surface area contributed by atoms with Gasteiger partial charge in [-0.05, 0) is 19.3 Å². The number of aliphatic hydroxyl groups is 1. The molecule has 0 heterocycles. The van der Waals surface area contributed by atoms with Crippen LogP contribution < -0.4 is 4.72 Å². The van der Waals surface area contributed by atoms with Gasteiger partial charge in [-0.15, -0.1) is 11.6 Å². The first-order valence-electron chi connectivity index (χ1n) is 6.23. The van der Waals surface area contributed by atoms with Crippen LogP contribution in [0, 0.1) is 0 Å². The summed E-state index contributed by atoms with van der Waals surface area (Å²) in [7, 11) is -3.29. The number of halogens is 1. The summed E-state index contributed by atoms with van der Waals surface area (Å²) >= 11 is 5.46. The Labute approximate surface area is 109 Å². The Morgan fingerprint density at radius 3 is 2.29 bits per heavy atom. The van der Waals surface area contributed by atoms with Gasteiger partial charge in [-0.3, -0.25) is 0 Å². The highest BCUT2D eigenvalue weighted by Crippen LogP contribution is 2.26. The van der Waals surface area contributed by atoms with Crippen molar-refractivity contribution in [2.75, 3.05) is 18.2 Å². The molecule has 0 spiro atoms. The summed E-state index contributed by atoms with van der Waals surface area (Å²) in [5, 5.41) is 10.3. The molecule has 1 saturated carbocycles. The van der Waals surface area contributed by atoms with Gasteiger partial charge >= 0.3 is 0 Å².